The summed E-state index contributed by atoms with van der Waals surface area (Å²) in [5, 5.41) is 9.02. The number of hydrogen-bond acceptors (Lipinski definition) is 2. The van der Waals surface area contributed by atoms with E-state index in [1.165, 1.54) is 44.7 Å². The van der Waals surface area contributed by atoms with Crippen LogP contribution in [0.1, 0.15) is 68.2 Å². The minimum Gasteiger partial charge on any atom is -0.477 e. The maximum absolute atomic E-state index is 11.0. The van der Waals surface area contributed by atoms with Gasteiger partial charge in [0.05, 0.1) is 6.20 Å². The summed E-state index contributed by atoms with van der Waals surface area (Å²) >= 11 is 0. The highest BCUT2D eigenvalue weighted by Gasteiger charge is 2.12. The minimum atomic E-state index is -0.890. The fraction of sp³-hybridized carbons (Fsp3) is 0.714. The van der Waals surface area contributed by atoms with Crippen molar-refractivity contribution in [3.05, 3.63) is 17.7 Å². The van der Waals surface area contributed by atoms with Crippen molar-refractivity contribution in [2.24, 2.45) is 0 Å². The van der Waals surface area contributed by atoms with E-state index in [1.54, 1.807) is 4.57 Å². The molecular weight excluding hydrogens is 228 g/mol. The molecule has 0 atom stereocenters. The maximum Gasteiger partial charge on any atom is 0.354 e. The number of aryl methyl sites for hydroxylation is 1. The molecule has 0 saturated carbocycles. The largest absolute Gasteiger partial charge is 0.477 e. The molecule has 1 N–H and O–H groups in total. The molecule has 1 heterocycles. The van der Waals surface area contributed by atoms with Gasteiger partial charge in [-0.25, -0.2) is 9.78 Å². The maximum atomic E-state index is 11.0. The number of nitrogens with zero attached hydrogens (tertiary/aromatic N) is 2. The Morgan fingerprint density at radius 3 is 2.44 bits per heavy atom. The van der Waals surface area contributed by atoms with E-state index in [4.69, 9.17) is 5.11 Å². The van der Waals surface area contributed by atoms with E-state index >= 15 is 0 Å². The Labute approximate surface area is 109 Å². The van der Waals surface area contributed by atoms with E-state index in [-0.39, 0.29) is 0 Å². The van der Waals surface area contributed by atoms with Gasteiger partial charge in [0.15, 0.2) is 0 Å². The molecule has 0 spiro atoms. The fourth-order valence-corrected chi connectivity index (χ4v) is 2.15. The van der Waals surface area contributed by atoms with Crippen LogP contribution in [0.5, 0.6) is 0 Å². The van der Waals surface area contributed by atoms with E-state index in [1.807, 2.05) is 6.92 Å². The molecule has 0 bridgehead atoms. The normalized spacial score (nSPS) is 10.8. The van der Waals surface area contributed by atoms with Crippen LogP contribution in [0.15, 0.2) is 6.20 Å². The number of aromatic carboxylic acids is 1. The molecule has 4 heteroatoms. The van der Waals surface area contributed by atoms with Crippen molar-refractivity contribution < 1.29 is 9.90 Å². The Morgan fingerprint density at radius 2 is 1.83 bits per heavy atom. The molecule has 102 valence electrons. The van der Waals surface area contributed by atoms with Crippen LogP contribution < -0.4 is 0 Å². The average Bonchev–Trinajstić information content (AvgIpc) is 2.70. The van der Waals surface area contributed by atoms with Gasteiger partial charge >= 0.3 is 5.97 Å². The molecule has 1 aromatic heterocycles. The standard InChI is InChI=1S/C14H24N2O2/c1-3-4-5-6-7-8-9-10-16-12(2)15-11-13(16)14(17)18/h11H,3-10H2,1-2H3,(H,17,18). The van der Waals surface area contributed by atoms with Gasteiger partial charge in [-0.15, -0.1) is 0 Å². The molecule has 0 radical (unpaired) electrons. The molecule has 0 saturated heterocycles. The van der Waals surface area contributed by atoms with Gasteiger partial charge < -0.3 is 9.67 Å². The summed E-state index contributed by atoms with van der Waals surface area (Å²) in [5.74, 6) is -0.100. The van der Waals surface area contributed by atoms with Crippen LogP contribution in [0, 0.1) is 6.92 Å². The lowest BCUT2D eigenvalue weighted by atomic mass is 10.1. The summed E-state index contributed by atoms with van der Waals surface area (Å²) in [6.07, 6.45) is 10.1. The van der Waals surface area contributed by atoms with Crippen molar-refractivity contribution in [2.75, 3.05) is 0 Å². The van der Waals surface area contributed by atoms with Crippen molar-refractivity contribution in [1.82, 2.24) is 9.55 Å². The van der Waals surface area contributed by atoms with E-state index in [0.29, 0.717) is 5.69 Å². The molecular formula is C14H24N2O2. The molecule has 0 amide bonds. The van der Waals surface area contributed by atoms with Crippen molar-refractivity contribution in [2.45, 2.75) is 65.3 Å². The molecule has 0 aliphatic heterocycles. The van der Waals surface area contributed by atoms with Crippen molar-refractivity contribution in [3.8, 4) is 0 Å². The monoisotopic (exact) mass is 252 g/mol. The highest BCUT2D eigenvalue weighted by molar-refractivity contribution is 5.85. The topological polar surface area (TPSA) is 55.1 Å². The predicted molar refractivity (Wildman–Crippen MR) is 71.9 cm³/mol. The molecule has 0 fully saturated rings. The van der Waals surface area contributed by atoms with Crippen LogP contribution >= 0.6 is 0 Å². The van der Waals surface area contributed by atoms with Crippen molar-refractivity contribution in [3.63, 3.8) is 0 Å². The molecule has 1 aromatic rings. The molecule has 0 aliphatic rings. The number of rotatable bonds is 9. The summed E-state index contributed by atoms with van der Waals surface area (Å²) in [6.45, 7) is 4.84. The van der Waals surface area contributed by atoms with Gasteiger partial charge in [0, 0.05) is 6.54 Å². The second kappa shape index (κ2) is 7.90. The molecule has 4 nitrogen and oxygen atoms in total. The van der Waals surface area contributed by atoms with Crippen molar-refractivity contribution in [1.29, 1.82) is 0 Å². The number of hydrogen-bond donors (Lipinski definition) is 1. The first-order chi connectivity index (χ1) is 8.66. The first-order valence-corrected chi connectivity index (χ1v) is 6.92. The Hall–Kier alpha value is -1.32. The zero-order valence-corrected chi connectivity index (χ0v) is 11.5. The number of imidazole rings is 1. The molecule has 1 rings (SSSR count). The third kappa shape index (κ3) is 4.51. The average molecular weight is 252 g/mol. The minimum absolute atomic E-state index is 0.304. The third-order valence-electron chi connectivity index (χ3n) is 3.26. The number of carboxylic acid groups (broad SMARTS) is 1. The Morgan fingerprint density at radius 1 is 1.22 bits per heavy atom. The molecule has 18 heavy (non-hydrogen) atoms. The lowest BCUT2D eigenvalue weighted by molar-refractivity contribution is 0.0684. The van der Waals surface area contributed by atoms with Crippen LogP contribution in [0.4, 0.5) is 0 Å². The first-order valence-electron chi connectivity index (χ1n) is 6.92. The van der Waals surface area contributed by atoms with Crippen LogP contribution in [0.3, 0.4) is 0 Å². The van der Waals surface area contributed by atoms with Gasteiger partial charge in [0.2, 0.25) is 0 Å². The lowest BCUT2D eigenvalue weighted by Gasteiger charge is -2.07. The number of carbonyl (C=O) groups is 1. The zero-order valence-electron chi connectivity index (χ0n) is 11.5. The Kier molecular flexibility index (Phi) is 6.47. The fourth-order valence-electron chi connectivity index (χ4n) is 2.15. The van der Waals surface area contributed by atoms with Crippen LogP contribution in [-0.2, 0) is 6.54 Å². The lowest BCUT2D eigenvalue weighted by Crippen LogP contribution is -2.10. The number of unbranched alkanes of at least 4 members (excludes halogenated alkanes) is 6. The van der Waals surface area contributed by atoms with E-state index < -0.39 is 5.97 Å². The van der Waals surface area contributed by atoms with Crippen molar-refractivity contribution >= 4 is 5.97 Å². The predicted octanol–water partition coefficient (Wildman–Crippen LogP) is 3.64. The second-order valence-corrected chi connectivity index (χ2v) is 4.77. The van der Waals surface area contributed by atoms with Gasteiger partial charge in [-0.05, 0) is 13.3 Å². The Bertz CT molecular complexity index is 372. The summed E-state index contributed by atoms with van der Waals surface area (Å²) in [4.78, 5) is 15.0. The quantitative estimate of drug-likeness (QED) is 0.683. The molecule has 0 aromatic carbocycles. The van der Waals surface area contributed by atoms with Crippen LogP contribution in [-0.4, -0.2) is 20.6 Å². The van der Waals surface area contributed by atoms with Gasteiger partial charge in [0.25, 0.3) is 0 Å². The third-order valence-corrected chi connectivity index (χ3v) is 3.26. The second-order valence-electron chi connectivity index (χ2n) is 4.77. The van der Waals surface area contributed by atoms with Gasteiger partial charge in [-0.2, -0.15) is 0 Å². The highest BCUT2D eigenvalue weighted by atomic mass is 16.4. The van der Waals surface area contributed by atoms with Gasteiger partial charge in [0.1, 0.15) is 11.5 Å². The van der Waals surface area contributed by atoms with Crippen LogP contribution in [0.25, 0.3) is 0 Å². The molecule has 0 aliphatic carbocycles. The smallest absolute Gasteiger partial charge is 0.354 e. The summed E-state index contributed by atoms with van der Waals surface area (Å²) < 4.78 is 1.80. The molecule has 0 unspecified atom stereocenters. The highest BCUT2D eigenvalue weighted by Crippen LogP contribution is 2.10. The summed E-state index contributed by atoms with van der Waals surface area (Å²) in [6, 6.07) is 0. The van der Waals surface area contributed by atoms with E-state index in [2.05, 4.69) is 11.9 Å². The van der Waals surface area contributed by atoms with Gasteiger partial charge in [-0.1, -0.05) is 45.4 Å². The van der Waals surface area contributed by atoms with E-state index in [0.717, 1.165) is 18.8 Å². The van der Waals surface area contributed by atoms with E-state index in [9.17, 15) is 4.79 Å². The first kappa shape index (κ1) is 14.7. The Balaban J connectivity index is 2.27. The SMILES string of the molecule is CCCCCCCCCn1c(C(=O)O)cnc1C. The van der Waals surface area contributed by atoms with Gasteiger partial charge in [-0.3, -0.25) is 0 Å². The summed E-state index contributed by atoms with van der Waals surface area (Å²) in [7, 11) is 0. The number of carboxylic acids is 1. The van der Waals surface area contributed by atoms with Crippen LogP contribution in [0.2, 0.25) is 0 Å². The zero-order chi connectivity index (χ0) is 13.4. The number of aromatic nitrogens is 2. The summed E-state index contributed by atoms with van der Waals surface area (Å²) in [5.41, 5.74) is 0.304.